The van der Waals surface area contributed by atoms with Crippen LogP contribution in [0.1, 0.15) is 35.4 Å². The van der Waals surface area contributed by atoms with E-state index in [1.54, 1.807) is 0 Å². The maximum absolute atomic E-state index is 13.8. The molecular formula is C16H14ClF3N2O2. The molecule has 1 amide bonds. The number of aliphatic hydroxyl groups is 1. The highest BCUT2D eigenvalue weighted by Crippen LogP contribution is 2.54. The number of amides is 1. The van der Waals surface area contributed by atoms with Crippen molar-refractivity contribution in [3.63, 3.8) is 0 Å². The molecule has 1 aromatic carbocycles. The van der Waals surface area contributed by atoms with Crippen LogP contribution in [0.3, 0.4) is 0 Å². The van der Waals surface area contributed by atoms with Crippen LogP contribution in [0.2, 0.25) is 5.02 Å². The van der Waals surface area contributed by atoms with Gasteiger partial charge in [-0.1, -0.05) is 17.7 Å². The van der Waals surface area contributed by atoms with E-state index in [0.717, 1.165) is 4.90 Å². The maximum Gasteiger partial charge on any atom is 0.420 e. The van der Waals surface area contributed by atoms with Gasteiger partial charge in [0.15, 0.2) is 5.60 Å². The fraction of sp³-hybridized carbons (Fsp3) is 0.500. The summed E-state index contributed by atoms with van der Waals surface area (Å²) in [6.45, 7) is 1.65. The quantitative estimate of drug-likeness (QED) is 0.839. The molecule has 0 bridgehead atoms. The SMILES string of the molecule is Cc1c(C2C(=O)N3CCC[C@H]3C2(O)C(F)(F)F)ccc(C#N)c1Cl. The van der Waals surface area contributed by atoms with Gasteiger partial charge in [-0.3, -0.25) is 4.79 Å². The molecule has 1 N–H and O–H groups in total. The molecule has 2 unspecified atom stereocenters. The van der Waals surface area contributed by atoms with Gasteiger partial charge in [-0.15, -0.1) is 0 Å². The van der Waals surface area contributed by atoms with E-state index in [9.17, 15) is 23.1 Å². The van der Waals surface area contributed by atoms with Crippen molar-refractivity contribution in [3.8, 4) is 6.07 Å². The Morgan fingerprint density at radius 1 is 1.46 bits per heavy atom. The Labute approximate surface area is 141 Å². The second kappa shape index (κ2) is 5.36. The van der Waals surface area contributed by atoms with Gasteiger partial charge in [-0.2, -0.15) is 18.4 Å². The van der Waals surface area contributed by atoms with Crippen LogP contribution < -0.4 is 0 Å². The molecule has 2 aliphatic rings. The summed E-state index contributed by atoms with van der Waals surface area (Å²) in [6, 6.07) is 3.11. The second-order valence-electron chi connectivity index (χ2n) is 6.20. The van der Waals surface area contributed by atoms with Crippen molar-refractivity contribution >= 4 is 17.5 Å². The monoisotopic (exact) mass is 358 g/mol. The van der Waals surface area contributed by atoms with E-state index in [1.165, 1.54) is 19.1 Å². The van der Waals surface area contributed by atoms with Crippen molar-refractivity contribution in [2.45, 2.75) is 43.5 Å². The van der Waals surface area contributed by atoms with Gasteiger partial charge in [-0.25, -0.2) is 0 Å². The average molecular weight is 359 g/mol. The number of hydrogen-bond acceptors (Lipinski definition) is 3. The first-order valence-electron chi connectivity index (χ1n) is 7.43. The first kappa shape index (κ1) is 17.1. The second-order valence-corrected chi connectivity index (χ2v) is 6.58. The summed E-state index contributed by atoms with van der Waals surface area (Å²) in [4.78, 5) is 13.7. The van der Waals surface area contributed by atoms with Crippen LogP contribution in [0.15, 0.2) is 12.1 Å². The predicted octanol–water partition coefficient (Wildman–Crippen LogP) is 2.90. The minimum Gasteiger partial charge on any atom is -0.378 e. The molecule has 0 aliphatic carbocycles. The van der Waals surface area contributed by atoms with Crippen LogP contribution in [-0.4, -0.2) is 40.3 Å². The number of fused-ring (bicyclic) bond motifs is 1. The third-order valence-electron chi connectivity index (χ3n) is 5.04. The first-order valence-corrected chi connectivity index (χ1v) is 7.81. The van der Waals surface area contributed by atoms with Crippen LogP contribution in [0, 0.1) is 18.3 Å². The molecule has 2 heterocycles. The Bertz CT molecular complexity index is 759. The molecule has 3 rings (SSSR count). The maximum atomic E-state index is 13.8. The lowest BCUT2D eigenvalue weighted by molar-refractivity contribution is -0.270. The van der Waals surface area contributed by atoms with Crippen molar-refractivity contribution in [3.05, 3.63) is 33.8 Å². The van der Waals surface area contributed by atoms with Gasteiger partial charge in [0, 0.05) is 6.54 Å². The molecule has 0 saturated carbocycles. The molecule has 0 aromatic heterocycles. The number of rotatable bonds is 1. The fourth-order valence-electron chi connectivity index (χ4n) is 3.86. The number of nitriles is 1. The molecule has 3 atom stereocenters. The largest absolute Gasteiger partial charge is 0.420 e. The molecule has 2 aliphatic heterocycles. The van der Waals surface area contributed by atoms with E-state index in [0.29, 0.717) is 6.42 Å². The van der Waals surface area contributed by atoms with Crippen molar-refractivity contribution in [2.75, 3.05) is 6.54 Å². The lowest BCUT2D eigenvalue weighted by Crippen LogP contribution is -2.56. The number of carbonyl (C=O) groups excluding carboxylic acids is 1. The Balaban J connectivity index is 2.21. The van der Waals surface area contributed by atoms with Crippen molar-refractivity contribution in [1.82, 2.24) is 4.90 Å². The van der Waals surface area contributed by atoms with Crippen LogP contribution in [-0.2, 0) is 4.79 Å². The van der Waals surface area contributed by atoms with E-state index in [-0.39, 0.29) is 34.7 Å². The Hall–Kier alpha value is -1.78. The van der Waals surface area contributed by atoms with Crippen molar-refractivity contribution in [2.24, 2.45) is 0 Å². The van der Waals surface area contributed by atoms with E-state index >= 15 is 0 Å². The van der Waals surface area contributed by atoms with Gasteiger partial charge < -0.3 is 10.0 Å². The molecule has 1 aromatic rings. The molecule has 8 heteroatoms. The average Bonchev–Trinajstić information content (AvgIpc) is 3.06. The number of benzene rings is 1. The number of halogens is 4. The van der Waals surface area contributed by atoms with Crippen LogP contribution >= 0.6 is 11.6 Å². The molecule has 2 fully saturated rings. The highest BCUT2D eigenvalue weighted by Gasteiger charge is 2.72. The highest BCUT2D eigenvalue weighted by molar-refractivity contribution is 6.32. The van der Waals surface area contributed by atoms with E-state index in [1.807, 2.05) is 6.07 Å². The predicted molar refractivity (Wildman–Crippen MR) is 79.4 cm³/mol. The zero-order chi connectivity index (χ0) is 17.9. The first-order chi connectivity index (χ1) is 11.1. The van der Waals surface area contributed by atoms with E-state index in [4.69, 9.17) is 16.9 Å². The number of hydrogen-bond donors (Lipinski definition) is 1. The Morgan fingerprint density at radius 2 is 2.12 bits per heavy atom. The number of nitrogens with zero attached hydrogens (tertiary/aromatic N) is 2. The van der Waals surface area contributed by atoms with E-state index in [2.05, 4.69) is 0 Å². The fourth-order valence-corrected chi connectivity index (χ4v) is 4.07. The summed E-state index contributed by atoms with van der Waals surface area (Å²) in [6.07, 6.45) is -4.44. The minimum atomic E-state index is -4.97. The topological polar surface area (TPSA) is 64.3 Å². The molecular weight excluding hydrogens is 345 g/mol. The lowest BCUT2D eigenvalue weighted by Gasteiger charge is -2.35. The van der Waals surface area contributed by atoms with Crippen molar-refractivity contribution in [1.29, 1.82) is 5.26 Å². The Kier molecular flexibility index (Phi) is 3.81. The minimum absolute atomic E-state index is 0.000570. The molecule has 0 spiro atoms. The summed E-state index contributed by atoms with van der Waals surface area (Å²) < 4.78 is 41.3. The van der Waals surface area contributed by atoms with Gasteiger partial charge in [-0.05, 0) is 37.0 Å². The molecule has 4 nitrogen and oxygen atoms in total. The van der Waals surface area contributed by atoms with Crippen LogP contribution in [0.4, 0.5) is 13.2 Å². The number of alkyl halides is 3. The summed E-state index contributed by atoms with van der Waals surface area (Å²) in [7, 11) is 0. The van der Waals surface area contributed by atoms with Gasteiger partial charge in [0.1, 0.15) is 12.0 Å². The molecule has 0 radical (unpaired) electrons. The summed E-state index contributed by atoms with van der Waals surface area (Å²) in [5, 5.41) is 19.6. The van der Waals surface area contributed by atoms with Crippen molar-refractivity contribution < 1.29 is 23.1 Å². The smallest absolute Gasteiger partial charge is 0.378 e. The van der Waals surface area contributed by atoms with Gasteiger partial charge >= 0.3 is 6.18 Å². The third kappa shape index (κ3) is 2.06. The Morgan fingerprint density at radius 3 is 2.71 bits per heavy atom. The van der Waals surface area contributed by atoms with E-state index < -0.39 is 29.6 Å². The third-order valence-corrected chi connectivity index (χ3v) is 5.53. The lowest BCUT2D eigenvalue weighted by atomic mass is 9.77. The normalized spacial score (nSPS) is 29.7. The molecule has 24 heavy (non-hydrogen) atoms. The van der Waals surface area contributed by atoms with Crippen LogP contribution in [0.25, 0.3) is 0 Å². The zero-order valence-electron chi connectivity index (χ0n) is 12.7. The van der Waals surface area contributed by atoms with Gasteiger partial charge in [0.05, 0.1) is 16.6 Å². The zero-order valence-corrected chi connectivity index (χ0v) is 13.4. The molecule has 128 valence electrons. The molecule has 2 saturated heterocycles. The summed E-state index contributed by atoms with van der Waals surface area (Å²) in [5.74, 6) is -2.52. The van der Waals surface area contributed by atoms with Gasteiger partial charge in [0.2, 0.25) is 5.91 Å². The van der Waals surface area contributed by atoms with Crippen LogP contribution in [0.5, 0.6) is 0 Å². The standard InChI is InChI=1S/C16H14ClF3N2O2/c1-8-10(5-4-9(7-21)13(8)17)12-14(23)22-6-2-3-11(22)15(12,24)16(18,19)20/h4-5,11-12,24H,2-3,6H2,1H3/t11-,12?,15?/m0/s1. The summed E-state index contributed by atoms with van der Waals surface area (Å²) >= 11 is 6.04. The van der Waals surface area contributed by atoms with Gasteiger partial charge in [0.25, 0.3) is 0 Å². The highest BCUT2D eigenvalue weighted by atomic mass is 35.5. The number of carbonyl (C=O) groups is 1. The summed E-state index contributed by atoms with van der Waals surface area (Å²) in [5.41, 5.74) is -2.83.